The van der Waals surface area contributed by atoms with Gasteiger partial charge in [-0.15, -0.1) is 0 Å². The SMILES string of the molecule is FC1(F)CC(NCCC2CCCCC2)C1. The predicted molar refractivity (Wildman–Crippen MR) is 57.2 cm³/mol. The first-order valence-electron chi connectivity index (χ1n) is 6.27. The molecule has 0 unspecified atom stereocenters. The van der Waals surface area contributed by atoms with Crippen LogP contribution < -0.4 is 5.32 Å². The number of nitrogens with one attached hydrogen (secondary N) is 1. The lowest BCUT2D eigenvalue weighted by molar-refractivity contribution is -0.0927. The standard InChI is InChI=1S/C12H21F2N/c13-12(14)8-11(9-12)15-7-6-10-4-2-1-3-5-10/h10-11,15H,1-9H2. The van der Waals surface area contributed by atoms with Crippen LogP contribution in [0.15, 0.2) is 0 Å². The minimum Gasteiger partial charge on any atom is -0.314 e. The van der Waals surface area contributed by atoms with Crippen LogP contribution in [0.25, 0.3) is 0 Å². The molecule has 0 bridgehead atoms. The minimum absolute atomic E-state index is 0.0532. The highest BCUT2D eigenvalue weighted by Gasteiger charge is 2.44. The zero-order chi connectivity index (χ0) is 10.7. The molecular weight excluding hydrogens is 196 g/mol. The Balaban J connectivity index is 1.52. The minimum atomic E-state index is -2.37. The largest absolute Gasteiger partial charge is 0.314 e. The van der Waals surface area contributed by atoms with Crippen LogP contribution in [0.5, 0.6) is 0 Å². The Morgan fingerprint density at radius 3 is 2.33 bits per heavy atom. The first kappa shape index (κ1) is 11.3. The summed E-state index contributed by atoms with van der Waals surface area (Å²) < 4.78 is 25.1. The van der Waals surface area contributed by atoms with Crippen molar-refractivity contribution in [2.45, 2.75) is 63.3 Å². The molecule has 88 valence electrons. The third kappa shape index (κ3) is 3.40. The Hall–Kier alpha value is -0.180. The fraction of sp³-hybridized carbons (Fsp3) is 1.00. The molecular formula is C12H21F2N. The molecule has 15 heavy (non-hydrogen) atoms. The van der Waals surface area contributed by atoms with E-state index in [0.29, 0.717) is 0 Å². The summed E-state index contributed by atoms with van der Waals surface area (Å²) in [7, 11) is 0. The highest BCUT2D eigenvalue weighted by atomic mass is 19.3. The summed E-state index contributed by atoms with van der Waals surface area (Å²) in [6.45, 7) is 0.936. The van der Waals surface area contributed by atoms with E-state index >= 15 is 0 Å². The molecule has 0 saturated heterocycles. The van der Waals surface area contributed by atoms with Gasteiger partial charge < -0.3 is 5.32 Å². The second-order valence-electron chi connectivity index (χ2n) is 5.21. The van der Waals surface area contributed by atoms with Gasteiger partial charge in [0, 0.05) is 18.9 Å². The molecule has 1 N–H and O–H groups in total. The van der Waals surface area contributed by atoms with Crippen molar-refractivity contribution in [2.24, 2.45) is 5.92 Å². The van der Waals surface area contributed by atoms with Crippen molar-refractivity contribution >= 4 is 0 Å². The van der Waals surface area contributed by atoms with Gasteiger partial charge in [0.2, 0.25) is 0 Å². The monoisotopic (exact) mass is 217 g/mol. The lowest BCUT2D eigenvalue weighted by atomic mass is 9.85. The van der Waals surface area contributed by atoms with Crippen molar-refractivity contribution in [3.05, 3.63) is 0 Å². The summed E-state index contributed by atoms with van der Waals surface area (Å²) in [5.41, 5.74) is 0. The summed E-state index contributed by atoms with van der Waals surface area (Å²) in [5, 5.41) is 3.24. The Labute approximate surface area is 90.6 Å². The molecule has 2 saturated carbocycles. The average molecular weight is 217 g/mol. The fourth-order valence-electron chi connectivity index (χ4n) is 2.77. The van der Waals surface area contributed by atoms with Gasteiger partial charge in [0.15, 0.2) is 0 Å². The molecule has 2 aliphatic rings. The normalized spacial score (nSPS) is 27.6. The number of hydrogen-bond acceptors (Lipinski definition) is 1. The van der Waals surface area contributed by atoms with Crippen LogP contribution in [0.3, 0.4) is 0 Å². The number of hydrogen-bond donors (Lipinski definition) is 1. The number of halogens is 2. The van der Waals surface area contributed by atoms with Crippen LogP contribution >= 0.6 is 0 Å². The lowest BCUT2D eigenvalue weighted by Gasteiger charge is -2.36. The molecule has 0 spiro atoms. The molecule has 2 rings (SSSR count). The highest BCUT2D eigenvalue weighted by molar-refractivity contribution is 4.91. The van der Waals surface area contributed by atoms with Gasteiger partial charge in [-0.25, -0.2) is 8.78 Å². The van der Waals surface area contributed by atoms with Gasteiger partial charge in [-0.05, 0) is 18.9 Å². The second kappa shape index (κ2) is 4.77. The summed E-state index contributed by atoms with van der Waals surface area (Å²) in [4.78, 5) is 0. The first-order valence-corrected chi connectivity index (χ1v) is 6.27. The summed E-state index contributed by atoms with van der Waals surface area (Å²) in [6.07, 6.45) is 8.11. The fourth-order valence-corrected chi connectivity index (χ4v) is 2.77. The lowest BCUT2D eigenvalue weighted by Crippen LogP contribution is -2.48. The van der Waals surface area contributed by atoms with Gasteiger partial charge >= 0.3 is 0 Å². The Morgan fingerprint density at radius 1 is 1.07 bits per heavy atom. The van der Waals surface area contributed by atoms with Crippen LogP contribution in [0, 0.1) is 5.92 Å². The number of rotatable bonds is 4. The third-order valence-electron chi connectivity index (χ3n) is 3.80. The molecule has 0 heterocycles. The van der Waals surface area contributed by atoms with Crippen LogP contribution in [-0.4, -0.2) is 18.5 Å². The van der Waals surface area contributed by atoms with E-state index in [2.05, 4.69) is 5.32 Å². The molecule has 0 radical (unpaired) electrons. The summed E-state index contributed by atoms with van der Waals surface area (Å²) in [6, 6.07) is 0.0867. The zero-order valence-electron chi connectivity index (χ0n) is 9.27. The van der Waals surface area contributed by atoms with Gasteiger partial charge in [0.25, 0.3) is 5.92 Å². The average Bonchev–Trinajstić information content (AvgIpc) is 2.16. The van der Waals surface area contributed by atoms with Gasteiger partial charge in [-0.3, -0.25) is 0 Å². The first-order chi connectivity index (χ1) is 7.16. The maximum Gasteiger partial charge on any atom is 0.251 e. The van der Waals surface area contributed by atoms with E-state index in [1.54, 1.807) is 0 Å². The van der Waals surface area contributed by atoms with Gasteiger partial charge in [0.1, 0.15) is 0 Å². The second-order valence-corrected chi connectivity index (χ2v) is 5.21. The van der Waals surface area contributed by atoms with Crippen molar-refractivity contribution in [1.29, 1.82) is 0 Å². The predicted octanol–water partition coefficient (Wildman–Crippen LogP) is 3.34. The molecule has 0 amide bonds. The molecule has 2 aliphatic carbocycles. The summed E-state index contributed by atoms with van der Waals surface area (Å²) >= 11 is 0. The Kier molecular flexibility index (Phi) is 3.60. The van der Waals surface area contributed by atoms with Crippen LogP contribution in [0.1, 0.15) is 51.4 Å². The molecule has 0 aromatic rings. The molecule has 2 fully saturated rings. The van der Waals surface area contributed by atoms with E-state index in [9.17, 15) is 8.78 Å². The van der Waals surface area contributed by atoms with E-state index in [-0.39, 0.29) is 18.9 Å². The zero-order valence-corrected chi connectivity index (χ0v) is 9.27. The van der Waals surface area contributed by atoms with Crippen molar-refractivity contribution < 1.29 is 8.78 Å². The highest BCUT2D eigenvalue weighted by Crippen LogP contribution is 2.37. The third-order valence-corrected chi connectivity index (χ3v) is 3.80. The quantitative estimate of drug-likeness (QED) is 0.761. The molecule has 0 aromatic carbocycles. The van der Waals surface area contributed by atoms with E-state index < -0.39 is 5.92 Å². The Bertz CT molecular complexity index is 192. The van der Waals surface area contributed by atoms with Crippen LogP contribution in [0.2, 0.25) is 0 Å². The van der Waals surface area contributed by atoms with Gasteiger partial charge in [0.05, 0.1) is 0 Å². The molecule has 1 nitrogen and oxygen atoms in total. The van der Waals surface area contributed by atoms with Crippen LogP contribution in [-0.2, 0) is 0 Å². The molecule has 0 aromatic heterocycles. The van der Waals surface area contributed by atoms with Crippen molar-refractivity contribution in [1.82, 2.24) is 5.32 Å². The van der Waals surface area contributed by atoms with E-state index in [1.807, 2.05) is 0 Å². The van der Waals surface area contributed by atoms with E-state index in [1.165, 1.54) is 38.5 Å². The topological polar surface area (TPSA) is 12.0 Å². The Morgan fingerprint density at radius 2 is 1.73 bits per heavy atom. The van der Waals surface area contributed by atoms with Gasteiger partial charge in [-0.2, -0.15) is 0 Å². The van der Waals surface area contributed by atoms with Gasteiger partial charge in [-0.1, -0.05) is 32.1 Å². The smallest absolute Gasteiger partial charge is 0.251 e. The number of alkyl halides is 2. The maximum absolute atomic E-state index is 12.5. The van der Waals surface area contributed by atoms with E-state index in [0.717, 1.165) is 12.5 Å². The molecule has 0 aliphatic heterocycles. The van der Waals surface area contributed by atoms with Crippen molar-refractivity contribution in [3.8, 4) is 0 Å². The van der Waals surface area contributed by atoms with Crippen LogP contribution in [0.4, 0.5) is 8.78 Å². The molecule has 3 heteroatoms. The maximum atomic E-state index is 12.5. The molecule has 0 atom stereocenters. The van der Waals surface area contributed by atoms with Crippen molar-refractivity contribution in [3.63, 3.8) is 0 Å². The van der Waals surface area contributed by atoms with E-state index in [4.69, 9.17) is 0 Å². The van der Waals surface area contributed by atoms with Crippen molar-refractivity contribution in [2.75, 3.05) is 6.54 Å². The summed E-state index contributed by atoms with van der Waals surface area (Å²) in [5.74, 6) is -1.52.